The second-order valence-corrected chi connectivity index (χ2v) is 5.09. The van der Waals surface area contributed by atoms with E-state index in [1.54, 1.807) is 0 Å². The summed E-state index contributed by atoms with van der Waals surface area (Å²) in [6, 6.07) is 0. The van der Waals surface area contributed by atoms with Gasteiger partial charge in [0.2, 0.25) is 11.8 Å². The molecule has 0 spiro atoms. The Hall–Kier alpha value is -0.160. The van der Waals surface area contributed by atoms with E-state index in [1.807, 2.05) is 0 Å². The molecule has 98 valence electrons. The third-order valence-electron chi connectivity index (χ3n) is 2.77. The van der Waals surface area contributed by atoms with Crippen molar-refractivity contribution in [2.45, 2.75) is 43.6 Å². The van der Waals surface area contributed by atoms with Crippen LogP contribution in [0.25, 0.3) is 0 Å². The lowest BCUT2D eigenvalue weighted by molar-refractivity contribution is -0.138. The molecule has 17 heavy (non-hydrogen) atoms. The minimum atomic E-state index is -0.503. The van der Waals surface area contributed by atoms with E-state index >= 15 is 0 Å². The fraction of sp³-hybridized carbons (Fsp3) is 0.800. The first-order valence-corrected chi connectivity index (χ1v) is 6.82. The second kappa shape index (κ2) is 7.31. The van der Waals surface area contributed by atoms with Gasteiger partial charge in [0.05, 0.1) is 5.25 Å². The third kappa shape index (κ3) is 4.54. The van der Waals surface area contributed by atoms with Crippen LogP contribution in [-0.4, -0.2) is 39.8 Å². The van der Waals surface area contributed by atoms with Crippen LogP contribution in [0, 0.1) is 0 Å². The molecule has 1 aliphatic rings. The molecule has 3 atom stereocenters. The van der Waals surface area contributed by atoms with Gasteiger partial charge < -0.3 is 5.11 Å². The first kappa shape index (κ1) is 14.9. The number of hydrogen-bond donors (Lipinski definition) is 3. The third-order valence-corrected chi connectivity index (χ3v) is 3.56. The Morgan fingerprint density at radius 1 is 1.47 bits per heavy atom. The van der Waals surface area contributed by atoms with Gasteiger partial charge in [-0.2, -0.15) is 12.6 Å². The van der Waals surface area contributed by atoms with E-state index in [4.69, 9.17) is 0 Å². The topological polar surface area (TPSA) is 69.6 Å². The van der Waals surface area contributed by atoms with Gasteiger partial charge in [0, 0.05) is 13.0 Å². The van der Waals surface area contributed by atoms with Crippen LogP contribution in [0.15, 0.2) is 0 Å². The molecular formula is C10H19N2O3PS. The summed E-state index contributed by atoms with van der Waals surface area (Å²) in [5, 5.41) is 11.4. The Labute approximate surface area is 109 Å². The van der Waals surface area contributed by atoms with Crippen LogP contribution in [0.2, 0.25) is 0 Å². The van der Waals surface area contributed by atoms with Crippen molar-refractivity contribution in [3.05, 3.63) is 0 Å². The molecule has 0 aromatic heterocycles. The summed E-state index contributed by atoms with van der Waals surface area (Å²) in [5.41, 5.74) is 0. The molecule has 1 rings (SSSR count). The largest absolute Gasteiger partial charge is 0.378 e. The fourth-order valence-electron chi connectivity index (χ4n) is 1.77. The number of unbranched alkanes of at least 4 members (excludes halogenated alkanes) is 2. The summed E-state index contributed by atoms with van der Waals surface area (Å²) >= 11 is 4.05. The molecule has 1 aliphatic heterocycles. The molecule has 1 saturated heterocycles. The Morgan fingerprint density at radius 3 is 2.71 bits per heavy atom. The predicted octanol–water partition coefficient (Wildman–Crippen LogP) is 0.302. The highest BCUT2D eigenvalue weighted by atomic mass is 32.1. The van der Waals surface area contributed by atoms with Gasteiger partial charge >= 0.3 is 0 Å². The normalized spacial score (nSPS) is 22.3. The maximum absolute atomic E-state index is 11.5. The van der Waals surface area contributed by atoms with Crippen LogP contribution in [0.1, 0.15) is 32.1 Å². The molecule has 0 radical (unpaired) electrons. The maximum atomic E-state index is 11.5. The number of imide groups is 1. The van der Waals surface area contributed by atoms with E-state index in [-0.39, 0.29) is 18.2 Å². The first-order valence-electron chi connectivity index (χ1n) is 5.72. The second-order valence-electron chi connectivity index (χ2n) is 4.14. The average molecular weight is 278 g/mol. The summed E-state index contributed by atoms with van der Waals surface area (Å²) in [4.78, 5) is 24.2. The lowest BCUT2D eigenvalue weighted by Crippen LogP contribution is -2.31. The molecule has 3 unspecified atom stereocenters. The maximum Gasteiger partial charge on any atom is 0.242 e. The minimum absolute atomic E-state index is 0.123. The molecule has 0 aromatic carbocycles. The summed E-state index contributed by atoms with van der Waals surface area (Å²) in [6.45, 7) is 0.471. The van der Waals surface area contributed by atoms with Crippen LogP contribution >= 0.6 is 22.0 Å². The van der Waals surface area contributed by atoms with Gasteiger partial charge in [-0.25, -0.2) is 0 Å². The molecule has 1 fully saturated rings. The van der Waals surface area contributed by atoms with Crippen LogP contribution < -0.4 is 5.09 Å². The van der Waals surface area contributed by atoms with Gasteiger partial charge in [-0.15, -0.1) is 0 Å². The zero-order valence-corrected chi connectivity index (χ0v) is 11.7. The fourth-order valence-corrected chi connectivity index (χ4v) is 2.23. The van der Waals surface area contributed by atoms with Crippen LogP contribution in [-0.2, 0) is 9.59 Å². The predicted molar refractivity (Wildman–Crippen MR) is 71.4 cm³/mol. The molecule has 0 bridgehead atoms. The van der Waals surface area contributed by atoms with Gasteiger partial charge in [-0.3, -0.25) is 19.6 Å². The number of carbonyl (C=O) groups excluding carboxylic acids is 2. The van der Waals surface area contributed by atoms with Gasteiger partial charge in [-0.05, 0) is 19.3 Å². The molecule has 0 aliphatic carbocycles. The van der Waals surface area contributed by atoms with E-state index in [2.05, 4.69) is 27.1 Å². The average Bonchev–Trinajstić information content (AvgIpc) is 2.54. The number of hydrogen-bond acceptors (Lipinski definition) is 5. The van der Waals surface area contributed by atoms with Crippen molar-refractivity contribution >= 4 is 33.8 Å². The van der Waals surface area contributed by atoms with Crippen molar-refractivity contribution in [2.24, 2.45) is 0 Å². The lowest BCUT2D eigenvalue weighted by Gasteiger charge is -2.14. The van der Waals surface area contributed by atoms with E-state index < -0.39 is 11.5 Å². The molecule has 0 aromatic rings. The number of nitrogens with zero attached hydrogens (tertiary/aromatic N) is 1. The Morgan fingerprint density at radius 2 is 2.18 bits per heavy atom. The van der Waals surface area contributed by atoms with Crippen LogP contribution in [0.3, 0.4) is 0 Å². The quantitative estimate of drug-likeness (QED) is 0.206. The van der Waals surface area contributed by atoms with Crippen LogP contribution in [0.5, 0.6) is 0 Å². The van der Waals surface area contributed by atoms with E-state index in [1.165, 1.54) is 4.90 Å². The number of carbonyl (C=O) groups is 2. The number of aliphatic hydroxyl groups is 1. The zero-order chi connectivity index (χ0) is 12.8. The highest BCUT2D eigenvalue weighted by molar-refractivity contribution is 7.81. The first-order chi connectivity index (χ1) is 8.06. The number of thiol groups is 1. The summed E-state index contributed by atoms with van der Waals surface area (Å²) < 4.78 is 0. The van der Waals surface area contributed by atoms with Crippen molar-refractivity contribution < 1.29 is 14.7 Å². The van der Waals surface area contributed by atoms with Gasteiger partial charge in [-0.1, -0.05) is 15.8 Å². The number of amides is 2. The molecule has 2 amide bonds. The van der Waals surface area contributed by atoms with Gasteiger partial charge in [0.15, 0.2) is 0 Å². The number of rotatable bonds is 7. The van der Waals surface area contributed by atoms with Crippen molar-refractivity contribution in [3.63, 3.8) is 0 Å². The van der Waals surface area contributed by atoms with Crippen LogP contribution in [0.4, 0.5) is 0 Å². The van der Waals surface area contributed by atoms with E-state index in [0.717, 1.165) is 19.3 Å². The highest BCUT2D eigenvalue weighted by Crippen LogP contribution is 2.18. The Bertz CT molecular complexity index is 291. The van der Waals surface area contributed by atoms with Crippen molar-refractivity contribution in [2.75, 3.05) is 6.54 Å². The molecule has 0 saturated carbocycles. The smallest absolute Gasteiger partial charge is 0.242 e. The van der Waals surface area contributed by atoms with Crippen molar-refractivity contribution in [1.29, 1.82) is 0 Å². The molecular weight excluding hydrogens is 259 g/mol. The standard InChI is InChI=1S/C10H19N2O3PS/c13-8(11-16)4-2-1-3-5-12-9(14)6-7(17)10(12)15/h7-8,11,13,17H,1-6,16H2. The lowest BCUT2D eigenvalue weighted by atomic mass is 10.2. The summed E-state index contributed by atoms with van der Waals surface area (Å²) in [6.07, 6.45) is 2.91. The number of nitrogens with one attached hydrogen (secondary N) is 1. The molecule has 7 heteroatoms. The highest BCUT2D eigenvalue weighted by Gasteiger charge is 2.35. The zero-order valence-electron chi connectivity index (χ0n) is 9.63. The number of aliphatic hydroxyl groups excluding tert-OH is 1. The molecule has 5 nitrogen and oxygen atoms in total. The van der Waals surface area contributed by atoms with E-state index in [0.29, 0.717) is 13.0 Å². The van der Waals surface area contributed by atoms with Crippen molar-refractivity contribution in [3.8, 4) is 0 Å². The Balaban J connectivity index is 2.15. The molecule has 1 heterocycles. The SMILES string of the molecule is O=C1CC(S)C(=O)N1CCCCCC(O)NP. The summed E-state index contributed by atoms with van der Waals surface area (Å²) in [5.74, 6) is -0.299. The van der Waals surface area contributed by atoms with Gasteiger partial charge in [0.25, 0.3) is 0 Å². The van der Waals surface area contributed by atoms with Crippen molar-refractivity contribution in [1.82, 2.24) is 9.99 Å². The Kier molecular flexibility index (Phi) is 6.41. The molecule has 2 N–H and O–H groups in total. The van der Waals surface area contributed by atoms with Gasteiger partial charge in [0.1, 0.15) is 6.23 Å². The van der Waals surface area contributed by atoms with E-state index in [9.17, 15) is 14.7 Å². The minimum Gasteiger partial charge on any atom is -0.378 e. The monoisotopic (exact) mass is 278 g/mol. The number of likely N-dealkylation sites (tertiary alicyclic amines) is 1. The summed E-state index contributed by atoms with van der Waals surface area (Å²) in [7, 11) is 2.26.